The van der Waals surface area contributed by atoms with Crippen molar-refractivity contribution in [2.45, 2.75) is 6.42 Å². The lowest BCUT2D eigenvalue weighted by Crippen LogP contribution is -1.84. The monoisotopic (exact) mass is 152 g/mol. The predicted octanol–water partition coefficient (Wildman–Crippen LogP) is 2.42. The molecule has 0 radical (unpaired) electrons. The summed E-state index contributed by atoms with van der Waals surface area (Å²) in [6.45, 7) is 3.11. The molecule has 0 aliphatic rings. The van der Waals surface area contributed by atoms with E-state index in [-0.39, 0.29) is 12.2 Å². The lowest BCUT2D eigenvalue weighted by atomic mass is 10.1. The molecule has 0 aliphatic heterocycles. The molecule has 0 atom stereocenters. The average molecular weight is 152 g/mol. The van der Waals surface area contributed by atoms with Gasteiger partial charge in [-0.05, 0) is 6.07 Å². The van der Waals surface area contributed by atoms with Crippen LogP contribution in [-0.2, 0) is 6.42 Å². The number of hydrogen-bond donors (Lipinski definition) is 1. The molecule has 2 heteroatoms. The summed E-state index contributed by atoms with van der Waals surface area (Å²) in [5.41, 5.74) is 0.569. The molecule has 11 heavy (non-hydrogen) atoms. The molecule has 0 saturated heterocycles. The van der Waals surface area contributed by atoms with Crippen LogP contribution in [0.15, 0.2) is 36.7 Å². The molecule has 0 heterocycles. The predicted molar refractivity (Wildman–Crippen MR) is 42.1 cm³/mol. The number of hydrogen-bond acceptors (Lipinski definition) is 1. The van der Waals surface area contributed by atoms with Gasteiger partial charge < -0.3 is 5.11 Å². The zero-order valence-corrected chi connectivity index (χ0v) is 6.05. The van der Waals surface area contributed by atoms with Crippen molar-refractivity contribution >= 4 is 0 Å². The molecule has 0 amide bonds. The van der Waals surface area contributed by atoms with Crippen LogP contribution in [-0.4, -0.2) is 5.11 Å². The normalized spacial score (nSPS) is 9.55. The van der Waals surface area contributed by atoms with Crippen LogP contribution in [0.5, 0.6) is 5.75 Å². The maximum absolute atomic E-state index is 12.3. The van der Waals surface area contributed by atoms with E-state index in [9.17, 15) is 4.39 Å². The van der Waals surface area contributed by atoms with Crippen LogP contribution in [0.25, 0.3) is 0 Å². The Morgan fingerprint density at radius 1 is 1.45 bits per heavy atom. The van der Waals surface area contributed by atoms with E-state index in [2.05, 4.69) is 6.58 Å². The van der Waals surface area contributed by atoms with Crippen LogP contribution in [0.4, 0.5) is 4.39 Å². The summed E-state index contributed by atoms with van der Waals surface area (Å²) in [6.07, 6.45) is 0.0900. The zero-order chi connectivity index (χ0) is 8.27. The first-order chi connectivity index (χ1) is 5.20. The molecular weight excluding hydrogens is 143 g/mol. The summed E-state index contributed by atoms with van der Waals surface area (Å²) in [7, 11) is 0. The molecule has 1 aromatic carbocycles. The van der Waals surface area contributed by atoms with E-state index in [1.165, 1.54) is 6.07 Å². The molecule has 0 saturated carbocycles. The van der Waals surface area contributed by atoms with Gasteiger partial charge in [-0.25, -0.2) is 4.39 Å². The number of phenols is 1. The minimum atomic E-state index is -0.438. The molecule has 0 unspecified atom stereocenters. The highest BCUT2D eigenvalue weighted by Gasteiger charge is 1.99. The molecule has 58 valence electrons. The fourth-order valence-electron chi connectivity index (χ4n) is 0.867. The number of allylic oxidation sites excluding steroid dienone is 1. The van der Waals surface area contributed by atoms with E-state index < -0.39 is 5.83 Å². The van der Waals surface area contributed by atoms with Crippen LogP contribution in [0, 0.1) is 0 Å². The van der Waals surface area contributed by atoms with Crippen LogP contribution in [0.1, 0.15) is 5.56 Å². The number of halogens is 1. The van der Waals surface area contributed by atoms with E-state index >= 15 is 0 Å². The molecule has 1 nitrogen and oxygen atoms in total. The Hall–Kier alpha value is -1.31. The summed E-state index contributed by atoms with van der Waals surface area (Å²) in [5, 5.41) is 9.15. The van der Waals surface area contributed by atoms with Gasteiger partial charge in [-0.1, -0.05) is 24.8 Å². The van der Waals surface area contributed by atoms with Crippen molar-refractivity contribution in [3.05, 3.63) is 42.2 Å². The molecule has 0 bridgehead atoms. The SMILES string of the molecule is C=C(F)Cc1ccccc1O. The first-order valence-corrected chi connectivity index (χ1v) is 3.30. The van der Waals surface area contributed by atoms with Crippen molar-refractivity contribution in [2.75, 3.05) is 0 Å². The zero-order valence-electron chi connectivity index (χ0n) is 6.05. The first-order valence-electron chi connectivity index (χ1n) is 3.30. The van der Waals surface area contributed by atoms with Gasteiger partial charge >= 0.3 is 0 Å². The van der Waals surface area contributed by atoms with Crippen molar-refractivity contribution in [3.8, 4) is 5.75 Å². The van der Waals surface area contributed by atoms with Gasteiger partial charge in [0.2, 0.25) is 0 Å². The van der Waals surface area contributed by atoms with E-state index in [0.717, 1.165) is 0 Å². The third-order valence-corrected chi connectivity index (χ3v) is 1.37. The number of aromatic hydroxyl groups is 1. The summed E-state index contributed by atoms with van der Waals surface area (Å²) in [6, 6.07) is 6.64. The summed E-state index contributed by atoms with van der Waals surface area (Å²) in [4.78, 5) is 0. The first kappa shape index (κ1) is 7.79. The molecular formula is C9H9FO. The average Bonchev–Trinajstić information content (AvgIpc) is 1.93. The highest BCUT2D eigenvalue weighted by Crippen LogP contribution is 2.18. The molecule has 1 N–H and O–H groups in total. The number of para-hydroxylation sites is 1. The topological polar surface area (TPSA) is 20.2 Å². The van der Waals surface area contributed by atoms with Crippen LogP contribution >= 0.6 is 0 Å². The van der Waals surface area contributed by atoms with E-state index in [1.54, 1.807) is 18.2 Å². The van der Waals surface area contributed by atoms with Gasteiger partial charge in [0.05, 0.1) is 5.83 Å². The summed E-state index contributed by atoms with van der Waals surface area (Å²) < 4.78 is 12.3. The van der Waals surface area contributed by atoms with Crippen molar-refractivity contribution in [1.29, 1.82) is 0 Å². The number of benzene rings is 1. The van der Waals surface area contributed by atoms with Crippen LogP contribution in [0.3, 0.4) is 0 Å². The van der Waals surface area contributed by atoms with Gasteiger partial charge in [-0.2, -0.15) is 0 Å². The molecule has 0 spiro atoms. The molecule has 1 aromatic rings. The molecule has 0 fully saturated rings. The maximum atomic E-state index is 12.3. The second-order valence-electron chi connectivity index (χ2n) is 2.32. The minimum Gasteiger partial charge on any atom is -0.508 e. The third-order valence-electron chi connectivity index (χ3n) is 1.37. The molecule has 1 rings (SSSR count). The van der Waals surface area contributed by atoms with E-state index in [1.807, 2.05) is 0 Å². The Morgan fingerprint density at radius 3 is 2.64 bits per heavy atom. The van der Waals surface area contributed by atoms with E-state index in [4.69, 9.17) is 5.11 Å². The Kier molecular flexibility index (Phi) is 2.26. The quantitative estimate of drug-likeness (QED) is 0.690. The molecule has 0 aliphatic carbocycles. The summed E-state index contributed by atoms with van der Waals surface area (Å²) >= 11 is 0. The maximum Gasteiger partial charge on any atom is 0.119 e. The lowest BCUT2D eigenvalue weighted by molar-refractivity contribution is 0.466. The highest BCUT2D eigenvalue weighted by atomic mass is 19.1. The smallest absolute Gasteiger partial charge is 0.119 e. The molecule has 0 aromatic heterocycles. The van der Waals surface area contributed by atoms with Gasteiger partial charge in [0.15, 0.2) is 0 Å². The van der Waals surface area contributed by atoms with E-state index in [0.29, 0.717) is 5.56 Å². The van der Waals surface area contributed by atoms with Crippen molar-refractivity contribution in [1.82, 2.24) is 0 Å². The fraction of sp³-hybridized carbons (Fsp3) is 0.111. The van der Waals surface area contributed by atoms with Gasteiger partial charge in [0.25, 0.3) is 0 Å². The lowest BCUT2D eigenvalue weighted by Gasteiger charge is -1.99. The van der Waals surface area contributed by atoms with Crippen molar-refractivity contribution in [3.63, 3.8) is 0 Å². The number of rotatable bonds is 2. The third kappa shape index (κ3) is 2.08. The second-order valence-corrected chi connectivity index (χ2v) is 2.32. The minimum absolute atomic E-state index is 0.0900. The van der Waals surface area contributed by atoms with Gasteiger partial charge in [-0.15, -0.1) is 0 Å². The fourth-order valence-corrected chi connectivity index (χ4v) is 0.867. The van der Waals surface area contributed by atoms with Gasteiger partial charge in [0, 0.05) is 12.0 Å². The Balaban J connectivity index is 2.86. The number of phenolic OH excluding ortho intramolecular Hbond substituents is 1. The van der Waals surface area contributed by atoms with Gasteiger partial charge in [-0.3, -0.25) is 0 Å². The Labute approximate surface area is 64.8 Å². The van der Waals surface area contributed by atoms with Crippen LogP contribution in [0.2, 0.25) is 0 Å². The summed E-state index contributed by atoms with van der Waals surface area (Å²) in [5.74, 6) is -0.321. The Bertz CT molecular complexity index is 268. The second kappa shape index (κ2) is 3.19. The van der Waals surface area contributed by atoms with Crippen molar-refractivity contribution < 1.29 is 9.50 Å². The van der Waals surface area contributed by atoms with Gasteiger partial charge in [0.1, 0.15) is 5.75 Å². The Morgan fingerprint density at radius 2 is 2.09 bits per heavy atom. The highest BCUT2D eigenvalue weighted by molar-refractivity contribution is 5.33. The van der Waals surface area contributed by atoms with Crippen LogP contribution < -0.4 is 0 Å². The van der Waals surface area contributed by atoms with Crippen molar-refractivity contribution in [2.24, 2.45) is 0 Å². The largest absolute Gasteiger partial charge is 0.508 e. The standard InChI is InChI=1S/C9H9FO/c1-7(10)6-8-4-2-3-5-9(8)11/h2-5,11H,1,6H2.